The van der Waals surface area contributed by atoms with Crippen LogP contribution in [-0.4, -0.2) is 68.8 Å². The molecule has 0 unspecified atom stereocenters. The minimum absolute atomic E-state index is 0. The molecule has 4 rings (SSSR count). The zero-order valence-electron chi connectivity index (χ0n) is 36.3. The van der Waals surface area contributed by atoms with Gasteiger partial charge in [-0.15, -0.1) is 5.75 Å². The summed E-state index contributed by atoms with van der Waals surface area (Å²) in [6, 6.07) is 22.4. The topological polar surface area (TPSA) is 173 Å². The van der Waals surface area contributed by atoms with Gasteiger partial charge in [0.05, 0.1) is 4.90 Å². The predicted octanol–water partition coefficient (Wildman–Crippen LogP) is 12.4. The normalized spacial score (nSPS) is 11.3. The fourth-order valence-electron chi connectivity index (χ4n) is 7.14. The molecular weight excluding hydrogens is 841 g/mol. The number of ether oxygens (including phenoxy) is 2. The maximum absolute atomic E-state index is 12.0. The van der Waals surface area contributed by atoms with Crippen LogP contribution in [0.2, 0.25) is 0 Å². The van der Waals surface area contributed by atoms with E-state index in [0.717, 1.165) is 57.1 Å². The average molecular weight is 907 g/mol. The summed E-state index contributed by atoms with van der Waals surface area (Å²) in [5.41, 5.74) is 0.701. The van der Waals surface area contributed by atoms with Crippen molar-refractivity contribution in [3.05, 3.63) is 96.1 Å². The SMILES string of the molecule is CCCCCCCCCCCCc1c(Oc2ccccc2)cc(O)cc1S(=O)(=O)O.CCCCCCCCCCCCc1c(Oc2ccccc2)cc([O-])cc1S(=O)(=O)[O-].[Ca+2]. The Morgan fingerprint density at radius 3 is 1.25 bits per heavy atom. The average Bonchev–Trinajstić information content (AvgIpc) is 3.20. The van der Waals surface area contributed by atoms with Crippen molar-refractivity contribution in [1.82, 2.24) is 0 Å². The summed E-state index contributed by atoms with van der Waals surface area (Å²) < 4.78 is 80.2. The van der Waals surface area contributed by atoms with E-state index in [9.17, 15) is 36.2 Å². The first kappa shape index (κ1) is 54.3. The number of phenols is 1. The molecule has 0 aliphatic carbocycles. The van der Waals surface area contributed by atoms with Crippen molar-refractivity contribution in [2.75, 3.05) is 0 Å². The molecule has 0 saturated carbocycles. The molecular formula is C48H66CaO10S2. The Hall–Kier alpha value is -2.84. The van der Waals surface area contributed by atoms with E-state index >= 15 is 0 Å². The first-order valence-electron chi connectivity index (χ1n) is 21.9. The second-order valence-corrected chi connectivity index (χ2v) is 18.2. The van der Waals surface area contributed by atoms with Gasteiger partial charge in [0.25, 0.3) is 10.1 Å². The molecule has 61 heavy (non-hydrogen) atoms. The zero-order chi connectivity index (χ0) is 43.6. The quantitative estimate of drug-likeness (QED) is 0.0317. The minimum Gasteiger partial charge on any atom is -0.872 e. The molecule has 332 valence electrons. The third-order valence-corrected chi connectivity index (χ3v) is 12.2. The van der Waals surface area contributed by atoms with Crippen LogP contribution >= 0.6 is 0 Å². The molecule has 2 N–H and O–H groups in total. The Bertz CT molecular complexity index is 1880. The first-order chi connectivity index (χ1) is 28.8. The molecule has 10 nitrogen and oxygen atoms in total. The second kappa shape index (κ2) is 30.3. The molecule has 0 aromatic heterocycles. The van der Waals surface area contributed by atoms with Gasteiger partial charge in [0.1, 0.15) is 43.8 Å². The summed E-state index contributed by atoms with van der Waals surface area (Å²) in [5.74, 6) is 0.613. The zero-order valence-corrected chi connectivity index (χ0v) is 40.2. The molecule has 0 amide bonds. The molecule has 0 spiro atoms. The maximum atomic E-state index is 12.0. The molecule has 0 radical (unpaired) electrons. The van der Waals surface area contributed by atoms with Crippen LogP contribution in [0.4, 0.5) is 0 Å². The smallest absolute Gasteiger partial charge is 0.872 e. The number of unbranched alkanes of at least 4 members (excludes halogenated alkanes) is 18. The Morgan fingerprint density at radius 1 is 0.508 bits per heavy atom. The Labute approximate surface area is 396 Å². The number of phenolic OH excluding ortho intramolecular Hbond substituents is 1. The first-order valence-corrected chi connectivity index (χ1v) is 24.8. The van der Waals surface area contributed by atoms with E-state index in [0.29, 0.717) is 35.5 Å². The van der Waals surface area contributed by atoms with Crippen molar-refractivity contribution in [3.8, 4) is 34.5 Å². The van der Waals surface area contributed by atoms with Crippen molar-refractivity contribution in [2.24, 2.45) is 0 Å². The molecule has 4 aromatic rings. The minimum atomic E-state index is -4.76. The van der Waals surface area contributed by atoms with E-state index in [-0.39, 0.29) is 59.9 Å². The monoisotopic (exact) mass is 906 g/mol. The predicted molar refractivity (Wildman–Crippen MR) is 242 cm³/mol. The number of rotatable bonds is 28. The van der Waals surface area contributed by atoms with Crippen molar-refractivity contribution >= 4 is 58.0 Å². The molecule has 4 aromatic carbocycles. The molecule has 0 bridgehead atoms. The van der Waals surface area contributed by atoms with Crippen molar-refractivity contribution in [2.45, 2.75) is 165 Å². The third kappa shape index (κ3) is 21.9. The molecule has 0 fully saturated rings. The van der Waals surface area contributed by atoms with Crippen LogP contribution in [0.15, 0.2) is 94.7 Å². The summed E-state index contributed by atoms with van der Waals surface area (Å²) in [6.07, 6.45) is 24.2. The Balaban J connectivity index is 0.000000413. The van der Waals surface area contributed by atoms with Gasteiger partial charge in [-0.25, -0.2) is 8.42 Å². The third-order valence-electron chi connectivity index (χ3n) is 10.3. The van der Waals surface area contributed by atoms with E-state index in [1.54, 1.807) is 36.4 Å². The van der Waals surface area contributed by atoms with E-state index in [2.05, 4.69) is 13.8 Å². The maximum Gasteiger partial charge on any atom is 2.00 e. The summed E-state index contributed by atoms with van der Waals surface area (Å²) in [5, 5.41) is 21.9. The van der Waals surface area contributed by atoms with Crippen molar-refractivity contribution < 1.29 is 45.6 Å². The Kier molecular flexibility index (Phi) is 27.0. The van der Waals surface area contributed by atoms with Gasteiger partial charge in [0.15, 0.2) is 0 Å². The van der Waals surface area contributed by atoms with E-state index in [4.69, 9.17) is 9.47 Å². The van der Waals surface area contributed by atoms with Gasteiger partial charge in [0.2, 0.25) is 0 Å². The fraction of sp³-hybridized carbons (Fsp3) is 0.500. The van der Waals surface area contributed by atoms with Gasteiger partial charge in [-0.3, -0.25) is 4.55 Å². The summed E-state index contributed by atoms with van der Waals surface area (Å²) in [7, 11) is -9.24. The Morgan fingerprint density at radius 2 is 0.869 bits per heavy atom. The molecule has 0 aliphatic rings. The summed E-state index contributed by atoms with van der Waals surface area (Å²) in [4.78, 5) is -0.749. The number of aromatic hydroxyl groups is 1. The van der Waals surface area contributed by atoms with Gasteiger partial charge < -0.3 is 24.2 Å². The fourth-order valence-corrected chi connectivity index (χ4v) is 8.69. The van der Waals surface area contributed by atoms with Crippen LogP contribution in [0.25, 0.3) is 0 Å². The van der Waals surface area contributed by atoms with Crippen LogP contribution in [0.5, 0.6) is 34.5 Å². The van der Waals surface area contributed by atoms with Crippen LogP contribution in [0.3, 0.4) is 0 Å². The summed E-state index contributed by atoms with van der Waals surface area (Å²) in [6.45, 7) is 4.43. The van der Waals surface area contributed by atoms with E-state index < -0.39 is 30.9 Å². The van der Waals surface area contributed by atoms with Gasteiger partial charge in [0, 0.05) is 23.3 Å². The van der Waals surface area contributed by atoms with Crippen LogP contribution < -0.4 is 14.6 Å². The van der Waals surface area contributed by atoms with E-state index in [1.165, 1.54) is 95.6 Å². The number of hydrogen-bond donors (Lipinski definition) is 2. The number of benzene rings is 4. The molecule has 0 saturated heterocycles. The standard InChI is InChI=1S/2C24H34O5S.Ca/c2*1-2-3-4-5-6-7-8-9-10-14-17-22-23(29-21-15-12-11-13-16-21)18-20(25)19-24(22)30(26,27)28;/h2*11-13,15-16,18-19,25H,2-10,14,17H2,1H3,(H,26,27,28);/q;;+2/p-2. The molecule has 0 atom stereocenters. The van der Waals surface area contributed by atoms with Crippen molar-refractivity contribution in [1.29, 1.82) is 0 Å². The number of hydrogen-bond acceptors (Lipinski definition) is 9. The van der Waals surface area contributed by atoms with Crippen LogP contribution in [0, 0.1) is 0 Å². The molecule has 0 heterocycles. The van der Waals surface area contributed by atoms with Gasteiger partial charge in [-0.2, -0.15) is 8.42 Å². The summed E-state index contributed by atoms with van der Waals surface area (Å²) >= 11 is 0. The number of para-hydroxylation sites is 2. The second-order valence-electron chi connectivity index (χ2n) is 15.4. The van der Waals surface area contributed by atoms with Crippen LogP contribution in [0.1, 0.15) is 153 Å². The van der Waals surface area contributed by atoms with Crippen LogP contribution in [-0.2, 0) is 33.1 Å². The molecule has 0 aliphatic heterocycles. The van der Waals surface area contributed by atoms with Crippen molar-refractivity contribution in [3.63, 3.8) is 0 Å². The van der Waals surface area contributed by atoms with Gasteiger partial charge >= 0.3 is 37.7 Å². The van der Waals surface area contributed by atoms with E-state index in [1.807, 2.05) is 24.3 Å². The largest absolute Gasteiger partial charge is 2.00 e. The van der Waals surface area contributed by atoms with Gasteiger partial charge in [-0.05, 0) is 56.0 Å². The van der Waals surface area contributed by atoms with Gasteiger partial charge in [-0.1, -0.05) is 172 Å². The molecule has 13 heteroatoms.